The number of thiophene rings is 1. The van der Waals surface area contributed by atoms with Crippen LogP contribution in [0.1, 0.15) is 18.2 Å². The van der Waals surface area contributed by atoms with Crippen LogP contribution in [0.3, 0.4) is 0 Å². The van der Waals surface area contributed by atoms with E-state index in [2.05, 4.69) is 9.46 Å². The van der Waals surface area contributed by atoms with Gasteiger partial charge in [-0.25, -0.2) is 13.1 Å². The number of aryl methyl sites for hydroxylation is 1. The van der Waals surface area contributed by atoms with Gasteiger partial charge in [0.2, 0.25) is 10.0 Å². The molecule has 0 saturated carbocycles. The molecule has 0 spiro atoms. The van der Waals surface area contributed by atoms with E-state index in [1.165, 1.54) is 17.4 Å². The first-order valence-corrected chi connectivity index (χ1v) is 8.27. The van der Waals surface area contributed by atoms with Gasteiger partial charge in [0.1, 0.15) is 10.8 Å². The molecular formula is C11H16F3NO3S2. The van der Waals surface area contributed by atoms with Crippen LogP contribution < -0.4 is 4.72 Å². The third kappa shape index (κ3) is 6.21. The predicted octanol–water partition coefficient (Wildman–Crippen LogP) is 2.56. The molecular weight excluding hydrogens is 315 g/mol. The zero-order chi connectivity index (χ0) is 15.2. The highest BCUT2D eigenvalue weighted by Crippen LogP contribution is 2.21. The number of halogens is 3. The van der Waals surface area contributed by atoms with Gasteiger partial charge in [-0.15, -0.1) is 11.3 Å². The van der Waals surface area contributed by atoms with E-state index >= 15 is 0 Å². The van der Waals surface area contributed by atoms with Gasteiger partial charge in [0, 0.05) is 18.0 Å². The van der Waals surface area contributed by atoms with Crippen LogP contribution in [-0.2, 0) is 21.2 Å². The lowest BCUT2D eigenvalue weighted by Crippen LogP contribution is -2.25. The van der Waals surface area contributed by atoms with E-state index in [9.17, 15) is 21.6 Å². The van der Waals surface area contributed by atoms with Gasteiger partial charge in [0.25, 0.3) is 0 Å². The summed E-state index contributed by atoms with van der Waals surface area (Å²) in [5, 5.41) is 0. The third-order valence-electron chi connectivity index (χ3n) is 2.27. The second-order valence-electron chi connectivity index (χ2n) is 3.99. The van der Waals surface area contributed by atoms with Gasteiger partial charge in [0.15, 0.2) is 0 Å². The van der Waals surface area contributed by atoms with E-state index in [4.69, 9.17) is 0 Å². The number of alkyl halides is 3. The summed E-state index contributed by atoms with van der Waals surface area (Å²) in [5.74, 6) is 0. The Labute approximate surface area is 120 Å². The molecule has 1 rings (SSSR count). The average Bonchev–Trinajstić information content (AvgIpc) is 2.81. The summed E-state index contributed by atoms with van der Waals surface area (Å²) in [7, 11) is -3.57. The first kappa shape index (κ1) is 17.4. The van der Waals surface area contributed by atoms with E-state index in [0.29, 0.717) is 0 Å². The van der Waals surface area contributed by atoms with Crippen LogP contribution in [0.2, 0.25) is 0 Å². The molecule has 0 aliphatic heterocycles. The highest BCUT2D eigenvalue weighted by Gasteiger charge is 2.27. The number of rotatable bonds is 8. The molecule has 0 amide bonds. The summed E-state index contributed by atoms with van der Waals surface area (Å²) in [6, 6.07) is 3.26. The molecule has 0 atom stereocenters. The van der Waals surface area contributed by atoms with Gasteiger partial charge < -0.3 is 4.74 Å². The monoisotopic (exact) mass is 331 g/mol. The fraction of sp³-hybridized carbons (Fsp3) is 0.636. The fourth-order valence-corrected chi connectivity index (χ4v) is 3.75. The van der Waals surface area contributed by atoms with Crippen molar-refractivity contribution in [1.82, 2.24) is 4.72 Å². The van der Waals surface area contributed by atoms with Crippen molar-refractivity contribution in [1.29, 1.82) is 0 Å². The van der Waals surface area contributed by atoms with Crippen molar-refractivity contribution < 1.29 is 26.3 Å². The number of hydrogen-bond donors (Lipinski definition) is 1. The zero-order valence-corrected chi connectivity index (χ0v) is 12.5. The standard InChI is InChI=1S/C11H16F3NO3S2/c1-2-9-4-5-10(19-9)20(16,17)15-6-3-7-18-8-11(12,13)14/h4-5,15H,2-3,6-8H2,1H3. The third-order valence-corrected chi connectivity index (χ3v) is 5.46. The van der Waals surface area contributed by atoms with E-state index < -0.39 is 22.8 Å². The molecule has 0 saturated heterocycles. The zero-order valence-electron chi connectivity index (χ0n) is 10.9. The topological polar surface area (TPSA) is 55.4 Å². The lowest BCUT2D eigenvalue weighted by Gasteiger charge is -2.08. The maximum absolute atomic E-state index is 11.8. The highest BCUT2D eigenvalue weighted by atomic mass is 32.2. The van der Waals surface area contributed by atoms with Gasteiger partial charge in [-0.3, -0.25) is 0 Å². The molecule has 0 radical (unpaired) electrons. The summed E-state index contributed by atoms with van der Waals surface area (Å²) >= 11 is 1.18. The first-order valence-electron chi connectivity index (χ1n) is 5.97. The quantitative estimate of drug-likeness (QED) is 0.745. The predicted molar refractivity (Wildman–Crippen MR) is 70.4 cm³/mol. The molecule has 0 aromatic carbocycles. The minimum atomic E-state index is -4.35. The van der Waals surface area contributed by atoms with E-state index in [1.54, 1.807) is 6.07 Å². The Hall–Kier alpha value is -0.640. The molecule has 116 valence electrons. The molecule has 1 aromatic heterocycles. The summed E-state index contributed by atoms with van der Waals surface area (Å²) in [6.45, 7) is 0.504. The molecule has 1 aromatic rings. The van der Waals surface area contributed by atoms with Crippen molar-refractivity contribution in [2.24, 2.45) is 0 Å². The van der Waals surface area contributed by atoms with Crippen LogP contribution in [0.25, 0.3) is 0 Å². The van der Waals surface area contributed by atoms with Gasteiger partial charge in [-0.2, -0.15) is 13.2 Å². The van der Waals surface area contributed by atoms with Gasteiger partial charge in [-0.1, -0.05) is 6.92 Å². The van der Waals surface area contributed by atoms with Gasteiger partial charge in [-0.05, 0) is 25.0 Å². The second kappa shape index (κ2) is 7.39. The van der Waals surface area contributed by atoms with E-state index in [1.807, 2.05) is 6.92 Å². The van der Waals surface area contributed by atoms with Crippen molar-refractivity contribution in [3.8, 4) is 0 Å². The van der Waals surface area contributed by atoms with Gasteiger partial charge >= 0.3 is 6.18 Å². The maximum atomic E-state index is 11.8. The minimum absolute atomic E-state index is 0.0412. The molecule has 0 bridgehead atoms. The number of hydrogen-bond acceptors (Lipinski definition) is 4. The normalized spacial score (nSPS) is 12.8. The SMILES string of the molecule is CCc1ccc(S(=O)(=O)NCCCOCC(F)(F)F)s1. The number of ether oxygens (including phenoxy) is 1. The summed E-state index contributed by atoms with van der Waals surface area (Å²) in [5.41, 5.74) is 0. The summed E-state index contributed by atoms with van der Waals surface area (Å²) in [6.07, 6.45) is -3.42. The highest BCUT2D eigenvalue weighted by molar-refractivity contribution is 7.91. The molecule has 1 heterocycles. The molecule has 1 N–H and O–H groups in total. The first-order chi connectivity index (χ1) is 9.24. The minimum Gasteiger partial charge on any atom is -0.372 e. The fourth-order valence-electron chi connectivity index (χ4n) is 1.33. The molecule has 0 unspecified atom stereocenters. The lowest BCUT2D eigenvalue weighted by molar-refractivity contribution is -0.173. The van der Waals surface area contributed by atoms with Crippen molar-refractivity contribution >= 4 is 21.4 Å². The molecule has 0 aliphatic carbocycles. The van der Waals surface area contributed by atoms with Crippen LogP contribution in [0, 0.1) is 0 Å². The summed E-state index contributed by atoms with van der Waals surface area (Å²) < 4.78 is 65.9. The lowest BCUT2D eigenvalue weighted by atomic mass is 10.4. The van der Waals surface area contributed by atoms with Crippen molar-refractivity contribution in [2.45, 2.75) is 30.2 Å². The Kier molecular flexibility index (Phi) is 6.44. The van der Waals surface area contributed by atoms with E-state index in [-0.39, 0.29) is 23.8 Å². The molecule has 0 aliphatic rings. The van der Waals surface area contributed by atoms with E-state index in [0.717, 1.165) is 11.3 Å². The maximum Gasteiger partial charge on any atom is 0.411 e. The van der Waals surface area contributed by atoms with Crippen molar-refractivity contribution in [3.05, 3.63) is 17.0 Å². The number of nitrogens with one attached hydrogen (secondary N) is 1. The number of sulfonamides is 1. The van der Waals surface area contributed by atoms with Crippen LogP contribution in [0.4, 0.5) is 13.2 Å². The Morgan fingerprint density at radius 3 is 2.60 bits per heavy atom. The van der Waals surface area contributed by atoms with Crippen LogP contribution in [0.5, 0.6) is 0 Å². The Balaban J connectivity index is 2.30. The van der Waals surface area contributed by atoms with Crippen LogP contribution in [-0.4, -0.2) is 34.4 Å². The van der Waals surface area contributed by atoms with Gasteiger partial charge in [0.05, 0.1) is 0 Å². The summed E-state index contributed by atoms with van der Waals surface area (Å²) in [4.78, 5) is 0.957. The average molecular weight is 331 g/mol. The Bertz CT molecular complexity index is 511. The second-order valence-corrected chi connectivity index (χ2v) is 7.16. The largest absolute Gasteiger partial charge is 0.411 e. The Morgan fingerprint density at radius 2 is 2.05 bits per heavy atom. The Morgan fingerprint density at radius 1 is 1.35 bits per heavy atom. The molecule has 9 heteroatoms. The van der Waals surface area contributed by atoms with Crippen LogP contribution in [0.15, 0.2) is 16.3 Å². The molecule has 20 heavy (non-hydrogen) atoms. The smallest absolute Gasteiger partial charge is 0.372 e. The molecule has 4 nitrogen and oxygen atoms in total. The van der Waals surface area contributed by atoms with Crippen molar-refractivity contribution in [3.63, 3.8) is 0 Å². The molecule has 0 fully saturated rings. The van der Waals surface area contributed by atoms with Crippen molar-refractivity contribution in [2.75, 3.05) is 19.8 Å². The van der Waals surface area contributed by atoms with Crippen LogP contribution >= 0.6 is 11.3 Å².